The van der Waals surface area contributed by atoms with Gasteiger partial charge < -0.3 is 0 Å². The van der Waals surface area contributed by atoms with Crippen LogP contribution in [-0.2, 0) is 13.5 Å². The van der Waals surface area contributed by atoms with Crippen LogP contribution in [0, 0.1) is 6.92 Å². The highest BCUT2D eigenvalue weighted by atomic mass is 127. The molecule has 3 heteroatoms. The highest BCUT2D eigenvalue weighted by molar-refractivity contribution is 14.1. The quantitative estimate of drug-likeness (QED) is 0.590. The summed E-state index contributed by atoms with van der Waals surface area (Å²) in [6.07, 6.45) is 3.23. The monoisotopic (exact) mass is 264 g/mol. The van der Waals surface area contributed by atoms with Crippen molar-refractivity contribution >= 4 is 22.6 Å². The first kappa shape index (κ1) is 9.03. The summed E-state index contributed by atoms with van der Waals surface area (Å²) in [7, 11) is 1.97. The van der Waals surface area contributed by atoms with Gasteiger partial charge in [-0.15, -0.1) is 0 Å². The van der Waals surface area contributed by atoms with Gasteiger partial charge in [-0.3, -0.25) is 4.68 Å². The first-order valence-electron chi connectivity index (χ1n) is 3.73. The van der Waals surface area contributed by atoms with Gasteiger partial charge in [0.25, 0.3) is 0 Å². The molecule has 0 bridgehead atoms. The Labute approximate surface area is 81.1 Å². The minimum atomic E-state index is 0.690. The van der Waals surface area contributed by atoms with Crippen molar-refractivity contribution in [2.24, 2.45) is 7.05 Å². The molecular formula is C8H13IN2. The lowest BCUT2D eigenvalue weighted by Crippen LogP contribution is -1.96. The molecule has 1 unspecified atom stereocenters. The van der Waals surface area contributed by atoms with Crippen LogP contribution in [0.3, 0.4) is 0 Å². The van der Waals surface area contributed by atoms with Gasteiger partial charge in [0.1, 0.15) is 0 Å². The van der Waals surface area contributed by atoms with E-state index in [9.17, 15) is 0 Å². The number of hydrogen-bond acceptors (Lipinski definition) is 1. The maximum atomic E-state index is 4.28. The predicted octanol–water partition coefficient (Wildman–Crippen LogP) is 2.09. The van der Waals surface area contributed by atoms with E-state index < -0.39 is 0 Å². The Hall–Kier alpha value is -0.0600. The largest absolute Gasteiger partial charge is 0.275 e. The predicted molar refractivity (Wildman–Crippen MR) is 55.1 cm³/mol. The first-order chi connectivity index (χ1) is 5.09. The fraction of sp³-hybridized carbons (Fsp3) is 0.625. The molecule has 1 aromatic heterocycles. The molecule has 62 valence electrons. The Morgan fingerprint density at radius 1 is 1.73 bits per heavy atom. The van der Waals surface area contributed by atoms with Crippen LogP contribution in [0.25, 0.3) is 0 Å². The van der Waals surface area contributed by atoms with Crippen molar-refractivity contribution in [3.63, 3.8) is 0 Å². The zero-order chi connectivity index (χ0) is 8.43. The van der Waals surface area contributed by atoms with E-state index in [0.29, 0.717) is 3.92 Å². The number of aryl methyl sites for hydroxylation is 2. The van der Waals surface area contributed by atoms with Crippen LogP contribution in [0.2, 0.25) is 0 Å². The smallest absolute Gasteiger partial charge is 0.0625 e. The van der Waals surface area contributed by atoms with Crippen molar-refractivity contribution in [3.8, 4) is 0 Å². The summed E-state index contributed by atoms with van der Waals surface area (Å²) in [6, 6.07) is 0. The minimum absolute atomic E-state index is 0.690. The van der Waals surface area contributed by atoms with E-state index in [2.05, 4.69) is 47.7 Å². The fourth-order valence-corrected chi connectivity index (χ4v) is 1.63. The second-order valence-electron chi connectivity index (χ2n) is 2.90. The third-order valence-corrected chi connectivity index (χ3v) is 2.06. The summed E-state index contributed by atoms with van der Waals surface area (Å²) in [4.78, 5) is 0. The zero-order valence-corrected chi connectivity index (χ0v) is 9.29. The second kappa shape index (κ2) is 3.56. The lowest BCUT2D eigenvalue weighted by Gasteiger charge is -1.99. The standard InChI is InChI=1S/C8H13IN2/c1-6(9)4-8-5-11(3)10-7(8)2/h5-6H,4H2,1-3H3. The lowest BCUT2D eigenvalue weighted by atomic mass is 10.1. The van der Waals surface area contributed by atoms with Crippen molar-refractivity contribution < 1.29 is 0 Å². The van der Waals surface area contributed by atoms with Gasteiger partial charge >= 0.3 is 0 Å². The summed E-state index contributed by atoms with van der Waals surface area (Å²) in [6.45, 7) is 4.28. The highest BCUT2D eigenvalue weighted by Gasteiger charge is 2.04. The Bertz CT molecular complexity index is 240. The van der Waals surface area contributed by atoms with Crippen LogP contribution in [0.15, 0.2) is 6.20 Å². The SMILES string of the molecule is Cc1nn(C)cc1CC(C)I. The van der Waals surface area contributed by atoms with Crippen molar-refractivity contribution in [1.82, 2.24) is 9.78 Å². The number of aromatic nitrogens is 2. The average Bonchev–Trinajstić information content (AvgIpc) is 2.09. The maximum Gasteiger partial charge on any atom is 0.0625 e. The van der Waals surface area contributed by atoms with E-state index >= 15 is 0 Å². The molecule has 0 spiro atoms. The van der Waals surface area contributed by atoms with Gasteiger partial charge in [-0.2, -0.15) is 5.10 Å². The summed E-state index contributed by atoms with van der Waals surface area (Å²) >= 11 is 2.43. The number of halogens is 1. The van der Waals surface area contributed by atoms with E-state index in [1.165, 1.54) is 5.56 Å². The average molecular weight is 264 g/mol. The van der Waals surface area contributed by atoms with Crippen LogP contribution in [-0.4, -0.2) is 13.7 Å². The summed E-state index contributed by atoms with van der Waals surface area (Å²) < 4.78 is 2.57. The van der Waals surface area contributed by atoms with Gasteiger partial charge in [-0.05, 0) is 18.9 Å². The number of hydrogen-bond donors (Lipinski definition) is 0. The molecule has 0 fully saturated rings. The first-order valence-corrected chi connectivity index (χ1v) is 4.97. The molecule has 0 N–H and O–H groups in total. The molecule has 0 saturated heterocycles. The van der Waals surface area contributed by atoms with Crippen LogP contribution in [0.5, 0.6) is 0 Å². The summed E-state index contributed by atoms with van der Waals surface area (Å²) in [5, 5.41) is 4.28. The van der Waals surface area contributed by atoms with Gasteiger partial charge in [-0.1, -0.05) is 29.5 Å². The Morgan fingerprint density at radius 3 is 2.73 bits per heavy atom. The van der Waals surface area contributed by atoms with Crippen LogP contribution in [0.4, 0.5) is 0 Å². The van der Waals surface area contributed by atoms with Gasteiger partial charge in [0, 0.05) is 17.2 Å². The third-order valence-electron chi connectivity index (χ3n) is 1.62. The molecule has 1 atom stereocenters. The molecule has 0 aromatic carbocycles. The summed E-state index contributed by atoms with van der Waals surface area (Å²) in [5.41, 5.74) is 2.53. The molecule has 0 amide bonds. The normalized spacial score (nSPS) is 13.5. The van der Waals surface area contributed by atoms with Gasteiger partial charge in [0.2, 0.25) is 0 Å². The molecular weight excluding hydrogens is 251 g/mol. The zero-order valence-electron chi connectivity index (χ0n) is 7.13. The molecule has 0 saturated carbocycles. The van der Waals surface area contributed by atoms with Crippen molar-refractivity contribution in [2.75, 3.05) is 0 Å². The van der Waals surface area contributed by atoms with E-state index in [1.807, 2.05) is 11.7 Å². The number of rotatable bonds is 2. The molecule has 0 aliphatic heterocycles. The van der Waals surface area contributed by atoms with E-state index in [0.717, 1.165) is 12.1 Å². The number of alkyl halides is 1. The van der Waals surface area contributed by atoms with E-state index in [4.69, 9.17) is 0 Å². The molecule has 0 aliphatic carbocycles. The highest BCUT2D eigenvalue weighted by Crippen LogP contribution is 2.12. The molecule has 1 rings (SSSR count). The minimum Gasteiger partial charge on any atom is -0.275 e. The van der Waals surface area contributed by atoms with E-state index in [1.54, 1.807) is 0 Å². The van der Waals surface area contributed by atoms with Crippen LogP contribution in [0.1, 0.15) is 18.2 Å². The molecule has 0 radical (unpaired) electrons. The topological polar surface area (TPSA) is 17.8 Å². The van der Waals surface area contributed by atoms with E-state index in [-0.39, 0.29) is 0 Å². The maximum absolute atomic E-state index is 4.28. The van der Waals surface area contributed by atoms with Crippen molar-refractivity contribution in [2.45, 2.75) is 24.2 Å². The van der Waals surface area contributed by atoms with Crippen LogP contribution < -0.4 is 0 Å². The Balaban J connectivity index is 2.77. The molecule has 1 heterocycles. The van der Waals surface area contributed by atoms with Crippen molar-refractivity contribution in [3.05, 3.63) is 17.5 Å². The number of nitrogens with zero attached hydrogens (tertiary/aromatic N) is 2. The molecule has 11 heavy (non-hydrogen) atoms. The second-order valence-corrected chi connectivity index (χ2v) is 5.02. The third kappa shape index (κ3) is 2.47. The molecule has 0 aliphatic rings. The van der Waals surface area contributed by atoms with Gasteiger partial charge in [0.15, 0.2) is 0 Å². The Morgan fingerprint density at radius 2 is 2.36 bits per heavy atom. The van der Waals surface area contributed by atoms with Crippen molar-refractivity contribution in [1.29, 1.82) is 0 Å². The molecule has 1 aromatic rings. The molecule has 2 nitrogen and oxygen atoms in total. The summed E-state index contributed by atoms with van der Waals surface area (Å²) in [5.74, 6) is 0. The Kier molecular flexibility index (Phi) is 2.92. The van der Waals surface area contributed by atoms with Gasteiger partial charge in [0.05, 0.1) is 5.69 Å². The lowest BCUT2D eigenvalue weighted by molar-refractivity contribution is 0.756. The fourth-order valence-electron chi connectivity index (χ4n) is 1.15. The van der Waals surface area contributed by atoms with Gasteiger partial charge in [-0.25, -0.2) is 0 Å². The van der Waals surface area contributed by atoms with Crippen LogP contribution >= 0.6 is 22.6 Å².